The van der Waals surface area contributed by atoms with Crippen LogP contribution < -0.4 is 4.31 Å². The number of para-hydroxylation sites is 1. The van der Waals surface area contributed by atoms with E-state index in [1.807, 2.05) is 6.07 Å². The first kappa shape index (κ1) is 13.4. The second kappa shape index (κ2) is 5.06. The lowest BCUT2D eigenvalue weighted by Gasteiger charge is -2.33. The zero-order chi connectivity index (χ0) is 14.2. The van der Waals surface area contributed by atoms with E-state index in [0.717, 1.165) is 12.8 Å². The number of benzene rings is 1. The predicted molar refractivity (Wildman–Crippen MR) is 76.5 cm³/mol. The van der Waals surface area contributed by atoms with E-state index in [4.69, 9.17) is 5.21 Å². The van der Waals surface area contributed by atoms with Gasteiger partial charge in [-0.3, -0.25) is 4.31 Å². The van der Waals surface area contributed by atoms with E-state index in [2.05, 4.69) is 5.16 Å². The summed E-state index contributed by atoms with van der Waals surface area (Å²) in [7, 11) is -3.48. The molecule has 0 bridgehead atoms. The Morgan fingerprint density at radius 3 is 2.50 bits per heavy atom. The summed E-state index contributed by atoms with van der Waals surface area (Å²) in [6.45, 7) is 1.49. The van der Waals surface area contributed by atoms with Gasteiger partial charge < -0.3 is 5.21 Å². The average molecular weight is 295 g/mol. The van der Waals surface area contributed by atoms with Crippen LogP contribution in [-0.2, 0) is 10.2 Å². The summed E-state index contributed by atoms with van der Waals surface area (Å²) < 4.78 is 28.4. The van der Waals surface area contributed by atoms with Gasteiger partial charge in [0.1, 0.15) is 0 Å². The third-order valence-electron chi connectivity index (χ3n) is 3.83. The van der Waals surface area contributed by atoms with Crippen LogP contribution in [0.2, 0.25) is 0 Å². The molecular formula is C13H17N3O3S. The Morgan fingerprint density at radius 2 is 1.80 bits per heavy atom. The molecule has 3 rings (SSSR count). The molecule has 0 unspecified atom stereocenters. The van der Waals surface area contributed by atoms with Crippen molar-refractivity contribution in [3.63, 3.8) is 0 Å². The minimum absolute atomic E-state index is 0.315. The number of anilines is 1. The normalized spacial score (nSPS) is 22.2. The predicted octanol–water partition coefficient (Wildman–Crippen LogP) is 1.42. The van der Waals surface area contributed by atoms with Gasteiger partial charge in [0.15, 0.2) is 0 Å². The van der Waals surface area contributed by atoms with E-state index in [1.54, 1.807) is 18.2 Å². The summed E-state index contributed by atoms with van der Waals surface area (Å²) in [5.41, 5.74) is 1.82. The Kier molecular flexibility index (Phi) is 3.39. The van der Waals surface area contributed by atoms with Crippen LogP contribution in [0.3, 0.4) is 0 Å². The maximum Gasteiger partial charge on any atom is 0.304 e. The van der Waals surface area contributed by atoms with Gasteiger partial charge in [0.25, 0.3) is 0 Å². The number of hydrogen-bond acceptors (Lipinski definition) is 4. The minimum atomic E-state index is -3.48. The van der Waals surface area contributed by atoms with Crippen LogP contribution in [0, 0.1) is 0 Å². The first-order valence-electron chi connectivity index (χ1n) is 6.73. The van der Waals surface area contributed by atoms with Crippen molar-refractivity contribution in [1.82, 2.24) is 4.31 Å². The van der Waals surface area contributed by atoms with E-state index in [9.17, 15) is 8.42 Å². The van der Waals surface area contributed by atoms with Crippen molar-refractivity contribution < 1.29 is 13.6 Å². The molecule has 1 aromatic carbocycles. The molecule has 0 radical (unpaired) electrons. The third-order valence-corrected chi connectivity index (χ3v) is 5.78. The molecule has 108 valence electrons. The van der Waals surface area contributed by atoms with Gasteiger partial charge in [0, 0.05) is 31.6 Å². The van der Waals surface area contributed by atoms with Crippen LogP contribution in [-0.4, -0.2) is 43.3 Å². The van der Waals surface area contributed by atoms with Crippen molar-refractivity contribution in [3.8, 4) is 0 Å². The Labute approximate surface area is 118 Å². The largest absolute Gasteiger partial charge is 0.411 e. The van der Waals surface area contributed by atoms with Gasteiger partial charge in [0.05, 0.1) is 11.4 Å². The van der Waals surface area contributed by atoms with E-state index < -0.39 is 10.2 Å². The fraction of sp³-hybridized carbons (Fsp3) is 0.462. The summed E-state index contributed by atoms with van der Waals surface area (Å²) in [5, 5.41) is 12.3. The van der Waals surface area contributed by atoms with E-state index >= 15 is 0 Å². The summed E-state index contributed by atoms with van der Waals surface area (Å²) >= 11 is 0. The lowest BCUT2D eigenvalue weighted by Crippen LogP contribution is -2.45. The fourth-order valence-electron chi connectivity index (χ4n) is 2.80. The Bertz CT molecular complexity index is 636. The Hall–Kier alpha value is -1.60. The molecular weight excluding hydrogens is 278 g/mol. The molecule has 0 aliphatic carbocycles. The highest BCUT2D eigenvalue weighted by Crippen LogP contribution is 2.31. The summed E-state index contributed by atoms with van der Waals surface area (Å²) in [4.78, 5) is 0. The van der Waals surface area contributed by atoms with Crippen LogP contribution in [0.15, 0.2) is 29.4 Å². The van der Waals surface area contributed by atoms with Gasteiger partial charge in [-0.15, -0.1) is 0 Å². The molecule has 0 saturated carbocycles. The zero-order valence-corrected chi connectivity index (χ0v) is 11.9. The SMILES string of the molecule is O=S(=O)(N1CCCC1)N1CCC(=NO)c2ccccc21. The van der Waals surface area contributed by atoms with Crippen molar-refractivity contribution in [3.05, 3.63) is 29.8 Å². The second-order valence-electron chi connectivity index (χ2n) is 5.00. The molecule has 1 saturated heterocycles. The second-order valence-corrected chi connectivity index (χ2v) is 6.85. The quantitative estimate of drug-likeness (QED) is 0.662. The molecule has 1 fully saturated rings. The first-order valence-corrected chi connectivity index (χ1v) is 8.12. The molecule has 2 aliphatic heterocycles. The summed E-state index contributed by atoms with van der Waals surface area (Å²) in [5.74, 6) is 0. The maximum atomic E-state index is 12.7. The molecule has 0 aromatic heterocycles. The van der Waals surface area contributed by atoms with Crippen LogP contribution in [0.4, 0.5) is 5.69 Å². The van der Waals surface area contributed by atoms with Gasteiger partial charge >= 0.3 is 10.2 Å². The van der Waals surface area contributed by atoms with Crippen molar-refractivity contribution >= 4 is 21.6 Å². The van der Waals surface area contributed by atoms with Crippen molar-refractivity contribution in [2.45, 2.75) is 19.3 Å². The van der Waals surface area contributed by atoms with Gasteiger partial charge in [-0.1, -0.05) is 23.4 Å². The third kappa shape index (κ3) is 2.06. The summed E-state index contributed by atoms with van der Waals surface area (Å²) in [6.07, 6.45) is 2.25. The lowest BCUT2D eigenvalue weighted by atomic mass is 10.0. The maximum absolute atomic E-state index is 12.7. The number of hydrogen-bond donors (Lipinski definition) is 1. The number of rotatable bonds is 2. The number of fused-ring (bicyclic) bond motifs is 1. The van der Waals surface area contributed by atoms with Gasteiger partial charge in [-0.2, -0.15) is 12.7 Å². The van der Waals surface area contributed by atoms with Crippen molar-refractivity contribution in [2.24, 2.45) is 5.16 Å². The van der Waals surface area contributed by atoms with Gasteiger partial charge in [0.2, 0.25) is 0 Å². The number of oxime groups is 1. The highest BCUT2D eigenvalue weighted by Gasteiger charge is 2.35. The smallest absolute Gasteiger partial charge is 0.304 e. The van der Waals surface area contributed by atoms with Crippen LogP contribution in [0.5, 0.6) is 0 Å². The fourth-order valence-corrected chi connectivity index (χ4v) is 4.53. The van der Waals surface area contributed by atoms with E-state index in [-0.39, 0.29) is 0 Å². The van der Waals surface area contributed by atoms with Gasteiger partial charge in [-0.25, -0.2) is 0 Å². The van der Waals surface area contributed by atoms with E-state index in [1.165, 1.54) is 8.61 Å². The van der Waals surface area contributed by atoms with Crippen LogP contribution >= 0.6 is 0 Å². The number of nitrogens with zero attached hydrogens (tertiary/aromatic N) is 3. The average Bonchev–Trinajstić information content (AvgIpc) is 3.01. The molecule has 2 heterocycles. The summed E-state index contributed by atoms with van der Waals surface area (Å²) in [6, 6.07) is 7.16. The molecule has 1 N–H and O–H groups in total. The molecule has 6 nitrogen and oxygen atoms in total. The Balaban J connectivity index is 2.04. The van der Waals surface area contributed by atoms with Crippen molar-refractivity contribution in [2.75, 3.05) is 23.9 Å². The molecule has 0 amide bonds. The highest BCUT2D eigenvalue weighted by atomic mass is 32.2. The molecule has 20 heavy (non-hydrogen) atoms. The molecule has 2 aliphatic rings. The first-order chi connectivity index (χ1) is 9.64. The molecule has 0 spiro atoms. The van der Waals surface area contributed by atoms with Crippen LogP contribution in [0.1, 0.15) is 24.8 Å². The zero-order valence-electron chi connectivity index (χ0n) is 11.1. The highest BCUT2D eigenvalue weighted by molar-refractivity contribution is 7.90. The van der Waals surface area contributed by atoms with Crippen molar-refractivity contribution in [1.29, 1.82) is 0 Å². The van der Waals surface area contributed by atoms with Gasteiger partial charge in [-0.05, 0) is 18.9 Å². The van der Waals surface area contributed by atoms with Crippen LogP contribution in [0.25, 0.3) is 0 Å². The lowest BCUT2D eigenvalue weighted by molar-refractivity contribution is 0.318. The topological polar surface area (TPSA) is 73.2 Å². The molecule has 0 atom stereocenters. The minimum Gasteiger partial charge on any atom is -0.411 e. The molecule has 1 aromatic rings. The van der Waals surface area contributed by atoms with E-state index in [0.29, 0.717) is 43.0 Å². The monoisotopic (exact) mass is 295 g/mol. The Morgan fingerprint density at radius 1 is 1.10 bits per heavy atom. The standard InChI is InChI=1S/C13H17N3O3S/c17-14-12-7-10-16(13-6-2-1-5-11(12)13)20(18,19)15-8-3-4-9-15/h1-2,5-6,17H,3-4,7-10H2. The molecule has 7 heteroatoms.